The van der Waals surface area contributed by atoms with Gasteiger partial charge < -0.3 is 8.98 Å². The first-order valence-electron chi connectivity index (χ1n) is 19.0. The smallest absolute Gasteiger partial charge is 0.167 e. The zero-order valence-corrected chi connectivity index (χ0v) is 31.2. The van der Waals surface area contributed by atoms with E-state index in [1.165, 1.54) is 42.1 Å². The summed E-state index contributed by atoms with van der Waals surface area (Å²) in [4.78, 5) is 15.1. The van der Waals surface area contributed by atoms with Gasteiger partial charge in [-0.1, -0.05) is 109 Å². The minimum Gasteiger partial charge on any atom is -0.455 e. The topological polar surface area (TPSA) is 56.7 Å². The molecule has 0 amide bonds. The van der Waals surface area contributed by atoms with Crippen LogP contribution in [-0.2, 0) is 0 Å². The molecule has 0 aliphatic rings. The first kappa shape index (κ1) is 31.9. The highest BCUT2D eigenvalue weighted by Crippen LogP contribution is 2.40. The summed E-state index contributed by atoms with van der Waals surface area (Å²) in [6, 6.07) is 64.0. The molecule has 0 fully saturated rings. The molecule has 57 heavy (non-hydrogen) atoms. The van der Waals surface area contributed by atoms with Gasteiger partial charge >= 0.3 is 0 Å². The minimum atomic E-state index is 0.567. The minimum absolute atomic E-state index is 0.567. The zero-order valence-electron chi connectivity index (χ0n) is 30.4. The van der Waals surface area contributed by atoms with Crippen LogP contribution in [0.3, 0.4) is 0 Å². The van der Waals surface area contributed by atoms with Crippen molar-refractivity contribution in [2.75, 3.05) is 0 Å². The molecule has 0 aliphatic heterocycles. The Morgan fingerprint density at radius 2 is 0.982 bits per heavy atom. The van der Waals surface area contributed by atoms with Crippen LogP contribution in [0.25, 0.3) is 115 Å². The van der Waals surface area contributed by atoms with Gasteiger partial charge in [0.05, 0.1) is 16.6 Å². The van der Waals surface area contributed by atoms with Crippen molar-refractivity contribution in [3.63, 3.8) is 0 Å². The molecule has 0 atom stereocenters. The lowest BCUT2D eigenvalue weighted by Gasteiger charge is -2.11. The third-order valence-electron chi connectivity index (χ3n) is 11.1. The third-order valence-corrected chi connectivity index (χ3v) is 12.2. The summed E-state index contributed by atoms with van der Waals surface area (Å²) in [6.07, 6.45) is 0. The van der Waals surface area contributed by atoms with E-state index in [0.717, 1.165) is 55.3 Å². The Labute approximate surface area is 330 Å². The summed E-state index contributed by atoms with van der Waals surface area (Å²) in [7, 11) is 0. The quantitative estimate of drug-likeness (QED) is 0.176. The molecule has 0 N–H and O–H groups in total. The molecule has 6 heteroatoms. The first-order chi connectivity index (χ1) is 28.2. The van der Waals surface area contributed by atoms with Crippen LogP contribution in [0.2, 0.25) is 0 Å². The van der Waals surface area contributed by atoms with Gasteiger partial charge in [-0.25, -0.2) is 15.0 Å². The largest absolute Gasteiger partial charge is 0.455 e. The van der Waals surface area contributed by atoms with Gasteiger partial charge in [0, 0.05) is 58.5 Å². The molecule has 12 rings (SSSR count). The Balaban J connectivity index is 0.972. The number of rotatable bonds is 5. The highest BCUT2D eigenvalue weighted by molar-refractivity contribution is 7.25. The molecule has 0 unspecified atom stereocenters. The van der Waals surface area contributed by atoms with Crippen LogP contribution >= 0.6 is 11.3 Å². The molecule has 8 aromatic carbocycles. The van der Waals surface area contributed by atoms with E-state index in [1.807, 2.05) is 72.0 Å². The number of fused-ring (bicyclic) bond motifs is 9. The van der Waals surface area contributed by atoms with E-state index in [1.54, 1.807) is 0 Å². The molecule has 4 aromatic heterocycles. The van der Waals surface area contributed by atoms with Crippen LogP contribution in [0.1, 0.15) is 0 Å². The summed E-state index contributed by atoms with van der Waals surface area (Å²) >= 11 is 1.85. The molecule has 5 nitrogen and oxygen atoms in total. The lowest BCUT2D eigenvalue weighted by Crippen LogP contribution is -2.00. The predicted octanol–water partition coefficient (Wildman–Crippen LogP) is 13.9. The standard InChI is InChI=1S/C51H30N4OS/c1-2-11-31(12-3-1)49-52-50(54-51(53-49)40-17-10-16-39-37-14-5-8-19-45(37)56-48(39)40)32-21-25-35(26-22-32)55-43-18-7-4-13-36(43)41-29-33(23-27-44(41)55)34-24-28-47-42(30-34)38-15-6-9-20-46(38)57-47/h1-30H. The molecule has 0 radical (unpaired) electrons. The number of nitrogens with zero attached hydrogens (tertiary/aromatic N) is 4. The number of aromatic nitrogens is 4. The van der Waals surface area contributed by atoms with Crippen molar-refractivity contribution in [1.29, 1.82) is 0 Å². The van der Waals surface area contributed by atoms with Crippen molar-refractivity contribution in [1.82, 2.24) is 19.5 Å². The second-order valence-corrected chi connectivity index (χ2v) is 15.5. The van der Waals surface area contributed by atoms with Gasteiger partial charge in [0.15, 0.2) is 17.5 Å². The fraction of sp³-hybridized carbons (Fsp3) is 0. The fourth-order valence-electron chi connectivity index (χ4n) is 8.36. The molecular weight excluding hydrogens is 717 g/mol. The maximum atomic E-state index is 6.42. The number of benzene rings is 8. The van der Waals surface area contributed by atoms with Crippen LogP contribution < -0.4 is 0 Å². The summed E-state index contributed by atoms with van der Waals surface area (Å²) in [5.74, 6) is 1.77. The average Bonchev–Trinajstić information content (AvgIpc) is 3.96. The lowest BCUT2D eigenvalue weighted by molar-refractivity contribution is 0.669. The second-order valence-electron chi connectivity index (χ2n) is 14.4. The van der Waals surface area contributed by atoms with Crippen molar-refractivity contribution in [3.8, 4) is 51.0 Å². The molecular formula is C51H30N4OS. The number of hydrogen-bond donors (Lipinski definition) is 0. The van der Waals surface area contributed by atoms with Gasteiger partial charge in [0.25, 0.3) is 0 Å². The van der Waals surface area contributed by atoms with Gasteiger partial charge in [-0.2, -0.15) is 0 Å². The van der Waals surface area contributed by atoms with E-state index in [-0.39, 0.29) is 0 Å². The van der Waals surface area contributed by atoms with Crippen LogP contribution in [0.15, 0.2) is 186 Å². The predicted molar refractivity (Wildman–Crippen MR) is 236 cm³/mol. The molecule has 12 aromatic rings. The van der Waals surface area contributed by atoms with Crippen LogP contribution in [-0.4, -0.2) is 19.5 Å². The summed E-state index contributed by atoms with van der Waals surface area (Å²) in [5.41, 5.74) is 10.0. The van der Waals surface area contributed by atoms with Crippen LogP contribution in [0.4, 0.5) is 0 Å². The van der Waals surface area contributed by atoms with Crippen molar-refractivity contribution >= 4 is 75.3 Å². The van der Waals surface area contributed by atoms with Crippen molar-refractivity contribution in [2.24, 2.45) is 0 Å². The Kier molecular flexibility index (Phi) is 7.03. The van der Waals surface area contributed by atoms with E-state index in [2.05, 4.69) is 126 Å². The highest BCUT2D eigenvalue weighted by Gasteiger charge is 2.19. The third kappa shape index (κ3) is 5.12. The maximum Gasteiger partial charge on any atom is 0.167 e. The Bertz CT molecular complexity index is 3520. The van der Waals surface area contributed by atoms with E-state index in [0.29, 0.717) is 17.5 Å². The number of hydrogen-bond acceptors (Lipinski definition) is 5. The van der Waals surface area contributed by atoms with Gasteiger partial charge in [0.2, 0.25) is 0 Å². The van der Waals surface area contributed by atoms with Crippen LogP contribution in [0.5, 0.6) is 0 Å². The normalized spacial score (nSPS) is 11.9. The molecule has 0 saturated carbocycles. The zero-order chi connectivity index (χ0) is 37.5. The molecule has 266 valence electrons. The van der Waals surface area contributed by atoms with Gasteiger partial charge in [-0.15, -0.1) is 11.3 Å². The maximum absolute atomic E-state index is 6.42. The fourth-order valence-corrected chi connectivity index (χ4v) is 9.45. The molecule has 0 bridgehead atoms. The van der Waals surface area contributed by atoms with E-state index in [4.69, 9.17) is 19.4 Å². The van der Waals surface area contributed by atoms with E-state index >= 15 is 0 Å². The van der Waals surface area contributed by atoms with Gasteiger partial charge in [-0.05, 0) is 83.9 Å². The Morgan fingerprint density at radius 3 is 1.82 bits per heavy atom. The lowest BCUT2D eigenvalue weighted by atomic mass is 10.0. The van der Waals surface area contributed by atoms with E-state index < -0.39 is 0 Å². The summed E-state index contributed by atoms with van der Waals surface area (Å²) < 4.78 is 11.4. The second kappa shape index (κ2) is 12.6. The number of para-hydroxylation sites is 3. The summed E-state index contributed by atoms with van der Waals surface area (Å²) in [6.45, 7) is 0. The van der Waals surface area contributed by atoms with Crippen LogP contribution in [0, 0.1) is 0 Å². The molecule has 0 spiro atoms. The van der Waals surface area contributed by atoms with Crippen molar-refractivity contribution in [3.05, 3.63) is 182 Å². The first-order valence-corrected chi connectivity index (χ1v) is 19.8. The molecule has 0 aliphatic carbocycles. The van der Waals surface area contributed by atoms with E-state index in [9.17, 15) is 0 Å². The number of thiophene rings is 1. The monoisotopic (exact) mass is 746 g/mol. The SMILES string of the molecule is c1ccc(-c2nc(-c3ccc(-n4c5ccccc5c5cc(-c6ccc7sc8ccccc8c7c6)ccc54)cc3)nc(-c3cccc4c3oc3ccccc34)n2)cc1. The van der Waals surface area contributed by atoms with Gasteiger partial charge in [0.1, 0.15) is 11.2 Å². The van der Waals surface area contributed by atoms with Gasteiger partial charge in [-0.3, -0.25) is 0 Å². The molecule has 0 saturated heterocycles. The Hall–Kier alpha value is -7.41. The Morgan fingerprint density at radius 1 is 0.386 bits per heavy atom. The van der Waals surface area contributed by atoms with Crippen molar-refractivity contribution in [2.45, 2.75) is 0 Å². The van der Waals surface area contributed by atoms with Crippen molar-refractivity contribution < 1.29 is 4.42 Å². The average molecular weight is 747 g/mol. The molecule has 4 heterocycles. The highest BCUT2D eigenvalue weighted by atomic mass is 32.1. The number of furan rings is 1. The summed E-state index contributed by atoms with van der Waals surface area (Å²) in [5, 5.41) is 7.16.